The van der Waals surface area contributed by atoms with Gasteiger partial charge in [-0.2, -0.15) is 0 Å². The average Bonchev–Trinajstić information content (AvgIpc) is 3.17. The molecule has 1 aromatic heterocycles. The fraction of sp³-hybridized carbons (Fsp3) is 0.304. The van der Waals surface area contributed by atoms with Crippen LogP contribution >= 0.6 is 11.8 Å². The van der Waals surface area contributed by atoms with Crippen LogP contribution in [0.5, 0.6) is 0 Å². The van der Waals surface area contributed by atoms with E-state index >= 15 is 0 Å². The van der Waals surface area contributed by atoms with Crippen LogP contribution in [0.2, 0.25) is 0 Å². The molecule has 2 heterocycles. The van der Waals surface area contributed by atoms with E-state index in [4.69, 9.17) is 4.74 Å². The normalized spacial score (nSPS) is 15.4. The molecule has 158 valence electrons. The Hall–Kier alpha value is -2.06. The Labute approximate surface area is 182 Å². The van der Waals surface area contributed by atoms with Crippen molar-refractivity contribution >= 4 is 21.8 Å². The first-order chi connectivity index (χ1) is 14.5. The third-order valence-electron chi connectivity index (χ3n) is 5.21. The molecule has 0 aliphatic carbocycles. The maximum Gasteiger partial charge on any atom is 0.267 e. The minimum absolute atomic E-state index is 0.309. The van der Waals surface area contributed by atoms with Crippen LogP contribution in [0.3, 0.4) is 0 Å². The summed E-state index contributed by atoms with van der Waals surface area (Å²) in [5.41, 5.74) is 3.14. The van der Waals surface area contributed by atoms with E-state index in [9.17, 15) is 8.42 Å². The summed E-state index contributed by atoms with van der Waals surface area (Å²) >= 11 is 1.72. The lowest BCUT2D eigenvalue weighted by atomic mass is 10.2. The van der Waals surface area contributed by atoms with Gasteiger partial charge in [0.2, 0.25) is 0 Å². The summed E-state index contributed by atoms with van der Waals surface area (Å²) in [7, 11) is -3.62. The predicted octanol–water partition coefficient (Wildman–Crippen LogP) is 4.16. The quantitative estimate of drug-likeness (QED) is 0.515. The van der Waals surface area contributed by atoms with Crippen molar-refractivity contribution < 1.29 is 13.2 Å². The molecule has 5 nitrogen and oxygen atoms in total. The molecule has 1 aliphatic heterocycles. The van der Waals surface area contributed by atoms with E-state index in [-0.39, 0.29) is 0 Å². The van der Waals surface area contributed by atoms with Crippen LogP contribution in [-0.4, -0.2) is 43.6 Å². The molecule has 2 aromatic carbocycles. The second-order valence-electron chi connectivity index (χ2n) is 7.45. The number of thioether (sulfide) groups is 1. The number of morpholine rings is 1. The number of aryl methyl sites for hydroxylation is 1. The summed E-state index contributed by atoms with van der Waals surface area (Å²) in [6, 6.07) is 17.2. The molecule has 3 aromatic rings. The molecule has 0 unspecified atom stereocenters. The van der Waals surface area contributed by atoms with Gasteiger partial charge in [0.1, 0.15) is 0 Å². The second kappa shape index (κ2) is 9.39. The van der Waals surface area contributed by atoms with Gasteiger partial charge in [0, 0.05) is 42.7 Å². The van der Waals surface area contributed by atoms with Gasteiger partial charge in [0.05, 0.1) is 18.1 Å². The summed E-state index contributed by atoms with van der Waals surface area (Å²) in [5, 5.41) is 0. The molecule has 7 heteroatoms. The van der Waals surface area contributed by atoms with Gasteiger partial charge in [-0.3, -0.25) is 4.90 Å². The van der Waals surface area contributed by atoms with Gasteiger partial charge in [-0.05, 0) is 42.3 Å². The summed E-state index contributed by atoms with van der Waals surface area (Å²) in [6.07, 6.45) is 3.56. The van der Waals surface area contributed by atoms with E-state index in [0.717, 1.165) is 55.3 Å². The van der Waals surface area contributed by atoms with Crippen LogP contribution in [0, 0.1) is 6.92 Å². The van der Waals surface area contributed by atoms with Crippen molar-refractivity contribution in [1.29, 1.82) is 0 Å². The maximum atomic E-state index is 13.2. The van der Waals surface area contributed by atoms with E-state index in [2.05, 4.69) is 17.0 Å². The van der Waals surface area contributed by atoms with Gasteiger partial charge in [0.15, 0.2) is 0 Å². The molecule has 4 rings (SSSR count). The standard InChI is InChI=1S/C23H26N2O3S2/c1-19-7-9-23(10-8-19)30(26,27)25-16-20(15-24-11-13-28-14-12-24)21(17-25)18-29-22-5-3-2-4-6-22/h2-10,16-17H,11-15,18H2,1H3. The summed E-state index contributed by atoms with van der Waals surface area (Å²) in [5.74, 6) is 0.722. The topological polar surface area (TPSA) is 51.5 Å². The zero-order chi connectivity index (χ0) is 21.0. The van der Waals surface area contributed by atoms with E-state index in [1.165, 1.54) is 8.87 Å². The molecule has 0 radical (unpaired) electrons. The van der Waals surface area contributed by atoms with Crippen molar-refractivity contribution in [3.8, 4) is 0 Å². The van der Waals surface area contributed by atoms with Crippen molar-refractivity contribution in [2.75, 3.05) is 26.3 Å². The largest absolute Gasteiger partial charge is 0.379 e. The van der Waals surface area contributed by atoms with E-state index in [0.29, 0.717) is 4.90 Å². The number of aromatic nitrogens is 1. The van der Waals surface area contributed by atoms with Gasteiger partial charge in [-0.15, -0.1) is 11.8 Å². The van der Waals surface area contributed by atoms with Crippen LogP contribution in [-0.2, 0) is 27.1 Å². The van der Waals surface area contributed by atoms with Gasteiger partial charge >= 0.3 is 0 Å². The average molecular weight is 443 g/mol. The Morgan fingerprint density at radius 2 is 1.60 bits per heavy atom. The Morgan fingerprint density at radius 3 is 2.30 bits per heavy atom. The fourth-order valence-electron chi connectivity index (χ4n) is 3.43. The lowest BCUT2D eigenvalue weighted by molar-refractivity contribution is 0.0341. The molecule has 1 aliphatic rings. The first-order valence-electron chi connectivity index (χ1n) is 10.0. The Bertz CT molecular complexity index is 1070. The summed E-state index contributed by atoms with van der Waals surface area (Å²) in [6.45, 7) is 5.84. The van der Waals surface area contributed by atoms with Gasteiger partial charge in [0.25, 0.3) is 10.0 Å². The minimum Gasteiger partial charge on any atom is -0.379 e. The third kappa shape index (κ3) is 4.98. The Kier molecular flexibility index (Phi) is 6.63. The molecule has 0 atom stereocenters. The zero-order valence-electron chi connectivity index (χ0n) is 17.0. The smallest absolute Gasteiger partial charge is 0.267 e. The predicted molar refractivity (Wildman–Crippen MR) is 120 cm³/mol. The monoisotopic (exact) mass is 442 g/mol. The first kappa shape index (κ1) is 21.2. The number of rotatable bonds is 7. The van der Waals surface area contributed by atoms with Crippen molar-refractivity contribution in [3.05, 3.63) is 83.7 Å². The molecule has 0 saturated carbocycles. The molecule has 0 bridgehead atoms. The highest BCUT2D eigenvalue weighted by Crippen LogP contribution is 2.27. The van der Waals surface area contributed by atoms with Crippen LogP contribution in [0.25, 0.3) is 0 Å². The second-order valence-corrected chi connectivity index (χ2v) is 10.3. The van der Waals surface area contributed by atoms with Crippen LogP contribution < -0.4 is 0 Å². The number of hydrogen-bond donors (Lipinski definition) is 0. The summed E-state index contributed by atoms with van der Waals surface area (Å²) < 4.78 is 33.2. The maximum absolute atomic E-state index is 13.2. The number of hydrogen-bond acceptors (Lipinski definition) is 5. The van der Waals surface area contributed by atoms with Gasteiger partial charge in [-0.1, -0.05) is 35.9 Å². The van der Waals surface area contributed by atoms with Crippen molar-refractivity contribution in [2.24, 2.45) is 0 Å². The lowest BCUT2D eigenvalue weighted by Crippen LogP contribution is -2.35. The minimum atomic E-state index is -3.62. The first-order valence-corrected chi connectivity index (χ1v) is 12.4. The van der Waals surface area contributed by atoms with Gasteiger partial charge in [-0.25, -0.2) is 12.4 Å². The van der Waals surface area contributed by atoms with Gasteiger partial charge < -0.3 is 4.74 Å². The van der Waals surface area contributed by atoms with E-state index in [1.807, 2.05) is 37.3 Å². The zero-order valence-corrected chi connectivity index (χ0v) is 18.7. The SMILES string of the molecule is Cc1ccc(S(=O)(=O)n2cc(CSc3ccccc3)c(CN3CCOCC3)c2)cc1. The molecular formula is C23H26N2O3S2. The van der Waals surface area contributed by atoms with Crippen LogP contribution in [0.15, 0.2) is 76.8 Å². The van der Waals surface area contributed by atoms with Crippen molar-refractivity contribution in [2.45, 2.75) is 29.0 Å². The number of ether oxygens (including phenoxy) is 1. The lowest BCUT2D eigenvalue weighted by Gasteiger charge is -2.26. The van der Waals surface area contributed by atoms with Crippen LogP contribution in [0.1, 0.15) is 16.7 Å². The molecule has 30 heavy (non-hydrogen) atoms. The summed E-state index contributed by atoms with van der Waals surface area (Å²) in [4.78, 5) is 3.80. The van der Waals surface area contributed by atoms with Crippen molar-refractivity contribution in [3.63, 3.8) is 0 Å². The highest BCUT2D eigenvalue weighted by Gasteiger charge is 2.21. The molecular weight excluding hydrogens is 416 g/mol. The van der Waals surface area contributed by atoms with Crippen LogP contribution in [0.4, 0.5) is 0 Å². The Balaban J connectivity index is 1.62. The molecule has 0 N–H and O–H groups in total. The molecule has 1 fully saturated rings. The fourth-order valence-corrected chi connectivity index (χ4v) is 5.62. The Morgan fingerprint density at radius 1 is 0.933 bits per heavy atom. The molecule has 1 saturated heterocycles. The van der Waals surface area contributed by atoms with Crippen molar-refractivity contribution in [1.82, 2.24) is 8.87 Å². The number of nitrogens with zero attached hydrogens (tertiary/aromatic N) is 2. The third-order valence-corrected chi connectivity index (χ3v) is 7.90. The number of benzene rings is 2. The van der Waals surface area contributed by atoms with E-state index in [1.54, 1.807) is 36.3 Å². The highest BCUT2D eigenvalue weighted by atomic mass is 32.2. The highest BCUT2D eigenvalue weighted by molar-refractivity contribution is 7.98. The van der Waals surface area contributed by atoms with E-state index < -0.39 is 10.0 Å². The molecule has 0 spiro atoms. The molecule has 0 amide bonds.